The SMILES string of the molecule is COc1ccc(S(N)(=O)=O)cc1C(=O)N1CCCC(CNC(=O)Nc2ccc(C)cc2)C1. The van der Waals surface area contributed by atoms with Crippen molar-refractivity contribution in [3.63, 3.8) is 0 Å². The molecular weight excluding hydrogens is 432 g/mol. The second kappa shape index (κ2) is 10.0. The van der Waals surface area contributed by atoms with E-state index < -0.39 is 10.0 Å². The van der Waals surface area contributed by atoms with E-state index in [4.69, 9.17) is 9.88 Å². The zero-order valence-electron chi connectivity index (χ0n) is 18.1. The number of nitrogens with two attached hydrogens (primary N) is 1. The van der Waals surface area contributed by atoms with E-state index in [-0.39, 0.29) is 34.1 Å². The molecule has 0 saturated carbocycles. The number of primary sulfonamides is 1. The number of carbonyl (C=O) groups is 2. The van der Waals surface area contributed by atoms with Gasteiger partial charge in [-0.2, -0.15) is 0 Å². The second-order valence-corrected chi connectivity index (χ2v) is 9.43. The number of methoxy groups -OCH3 is 1. The number of amides is 3. The quantitative estimate of drug-likeness (QED) is 0.609. The van der Waals surface area contributed by atoms with Crippen LogP contribution in [0, 0.1) is 12.8 Å². The highest BCUT2D eigenvalue weighted by Crippen LogP contribution is 2.26. The van der Waals surface area contributed by atoms with Gasteiger partial charge in [0.05, 0.1) is 17.6 Å². The van der Waals surface area contributed by atoms with Crippen molar-refractivity contribution >= 4 is 27.6 Å². The zero-order valence-corrected chi connectivity index (χ0v) is 18.9. The predicted molar refractivity (Wildman–Crippen MR) is 121 cm³/mol. The summed E-state index contributed by atoms with van der Waals surface area (Å²) in [4.78, 5) is 26.8. The molecule has 1 fully saturated rings. The minimum atomic E-state index is -3.95. The summed E-state index contributed by atoms with van der Waals surface area (Å²) in [6.45, 7) is 3.36. The highest BCUT2D eigenvalue weighted by Gasteiger charge is 2.27. The Kier molecular flexibility index (Phi) is 7.37. The monoisotopic (exact) mass is 460 g/mol. The Bertz CT molecular complexity index is 1090. The number of hydrogen-bond acceptors (Lipinski definition) is 5. The van der Waals surface area contributed by atoms with Crippen molar-refractivity contribution in [2.45, 2.75) is 24.7 Å². The van der Waals surface area contributed by atoms with E-state index in [1.807, 2.05) is 31.2 Å². The van der Waals surface area contributed by atoms with Gasteiger partial charge in [-0.25, -0.2) is 18.4 Å². The van der Waals surface area contributed by atoms with Gasteiger partial charge in [-0.05, 0) is 56.0 Å². The summed E-state index contributed by atoms with van der Waals surface area (Å²) in [6, 6.07) is 11.2. The summed E-state index contributed by atoms with van der Waals surface area (Å²) in [6.07, 6.45) is 1.64. The van der Waals surface area contributed by atoms with Crippen LogP contribution in [0.4, 0.5) is 10.5 Å². The number of likely N-dealkylation sites (tertiary alicyclic amines) is 1. The third kappa shape index (κ3) is 5.98. The maximum Gasteiger partial charge on any atom is 0.319 e. The Hall–Kier alpha value is -3.11. The molecule has 0 aromatic heterocycles. The van der Waals surface area contributed by atoms with Crippen LogP contribution in [0.5, 0.6) is 5.75 Å². The smallest absolute Gasteiger partial charge is 0.319 e. The van der Waals surface area contributed by atoms with Gasteiger partial charge in [0.1, 0.15) is 5.75 Å². The highest BCUT2D eigenvalue weighted by atomic mass is 32.2. The summed E-state index contributed by atoms with van der Waals surface area (Å²) in [5.41, 5.74) is 1.95. The first-order valence-corrected chi connectivity index (χ1v) is 11.8. The summed E-state index contributed by atoms with van der Waals surface area (Å²) in [5.74, 6) is 0.0187. The normalized spacial score (nSPS) is 16.3. The number of benzene rings is 2. The van der Waals surface area contributed by atoms with E-state index in [9.17, 15) is 18.0 Å². The van der Waals surface area contributed by atoms with Gasteiger partial charge in [0, 0.05) is 25.3 Å². The average Bonchev–Trinajstić information content (AvgIpc) is 2.78. The number of ether oxygens (including phenoxy) is 1. The molecule has 3 rings (SSSR count). The number of aryl methyl sites for hydroxylation is 1. The maximum absolute atomic E-state index is 13.1. The second-order valence-electron chi connectivity index (χ2n) is 7.87. The van der Waals surface area contributed by atoms with Crippen molar-refractivity contribution in [2.75, 3.05) is 32.1 Å². The lowest BCUT2D eigenvalue weighted by Crippen LogP contribution is -2.44. The number of anilines is 1. The summed E-state index contributed by atoms with van der Waals surface area (Å²) >= 11 is 0. The lowest BCUT2D eigenvalue weighted by atomic mass is 9.97. The standard InChI is InChI=1S/C22H28N4O5S/c1-15-5-7-17(8-6-15)25-22(28)24-13-16-4-3-11-26(14-16)21(27)19-12-18(32(23,29)30)9-10-20(19)31-2/h5-10,12,16H,3-4,11,13-14H2,1-2H3,(H2,23,29,30)(H2,24,25,28). The van der Waals surface area contributed by atoms with Crippen molar-refractivity contribution in [1.29, 1.82) is 0 Å². The molecule has 0 bridgehead atoms. The molecule has 2 aromatic carbocycles. The van der Waals surface area contributed by atoms with E-state index in [2.05, 4.69) is 10.6 Å². The maximum atomic E-state index is 13.1. The molecule has 32 heavy (non-hydrogen) atoms. The van der Waals surface area contributed by atoms with Gasteiger partial charge in [-0.1, -0.05) is 17.7 Å². The molecule has 1 aliphatic heterocycles. The van der Waals surface area contributed by atoms with Crippen LogP contribution in [-0.2, 0) is 10.0 Å². The lowest BCUT2D eigenvalue weighted by Gasteiger charge is -2.33. The first kappa shape index (κ1) is 23.6. The van der Waals surface area contributed by atoms with E-state index in [0.717, 1.165) is 18.4 Å². The third-order valence-corrected chi connectivity index (χ3v) is 6.31. The molecule has 1 saturated heterocycles. The molecular formula is C22H28N4O5S. The molecule has 10 heteroatoms. The van der Waals surface area contributed by atoms with Crippen molar-refractivity contribution in [3.05, 3.63) is 53.6 Å². The molecule has 0 spiro atoms. The predicted octanol–water partition coefficient (Wildman–Crippen LogP) is 2.32. The summed E-state index contributed by atoms with van der Waals surface area (Å²) < 4.78 is 28.6. The summed E-state index contributed by atoms with van der Waals surface area (Å²) in [7, 11) is -2.54. The molecule has 9 nitrogen and oxygen atoms in total. The zero-order chi connectivity index (χ0) is 23.3. The first-order chi connectivity index (χ1) is 15.2. The fraction of sp³-hybridized carbons (Fsp3) is 0.364. The number of sulfonamides is 1. The number of hydrogen-bond donors (Lipinski definition) is 3. The van der Waals surface area contributed by atoms with Crippen LogP contribution in [0.1, 0.15) is 28.8 Å². The fourth-order valence-corrected chi connectivity index (χ4v) is 4.21. The van der Waals surface area contributed by atoms with E-state index in [1.165, 1.54) is 25.3 Å². The average molecular weight is 461 g/mol. The van der Waals surface area contributed by atoms with Crippen LogP contribution in [0.3, 0.4) is 0 Å². The van der Waals surface area contributed by atoms with Crippen molar-refractivity contribution < 1.29 is 22.7 Å². The van der Waals surface area contributed by atoms with Gasteiger partial charge < -0.3 is 20.3 Å². The van der Waals surface area contributed by atoms with Crippen LogP contribution in [-0.4, -0.2) is 52.0 Å². The molecule has 4 N–H and O–H groups in total. The molecule has 1 atom stereocenters. The molecule has 2 aromatic rings. The first-order valence-electron chi connectivity index (χ1n) is 10.3. The van der Waals surface area contributed by atoms with Crippen LogP contribution in [0.25, 0.3) is 0 Å². The largest absolute Gasteiger partial charge is 0.496 e. The van der Waals surface area contributed by atoms with E-state index in [0.29, 0.717) is 25.3 Å². The van der Waals surface area contributed by atoms with Crippen LogP contribution >= 0.6 is 0 Å². The van der Waals surface area contributed by atoms with Gasteiger partial charge in [-0.15, -0.1) is 0 Å². The Morgan fingerprint density at radius 3 is 2.56 bits per heavy atom. The van der Waals surface area contributed by atoms with Crippen molar-refractivity contribution in [1.82, 2.24) is 10.2 Å². The van der Waals surface area contributed by atoms with Crippen molar-refractivity contribution in [2.24, 2.45) is 11.1 Å². The van der Waals surface area contributed by atoms with Crippen molar-refractivity contribution in [3.8, 4) is 5.75 Å². The van der Waals surface area contributed by atoms with Gasteiger partial charge >= 0.3 is 6.03 Å². The minimum Gasteiger partial charge on any atom is -0.496 e. The summed E-state index contributed by atoms with van der Waals surface area (Å²) in [5, 5.41) is 10.9. The Morgan fingerprint density at radius 2 is 1.91 bits per heavy atom. The molecule has 0 radical (unpaired) electrons. The topological polar surface area (TPSA) is 131 Å². The van der Waals surface area contributed by atoms with Crippen LogP contribution in [0.2, 0.25) is 0 Å². The number of nitrogens with zero attached hydrogens (tertiary/aromatic N) is 1. The molecule has 0 aliphatic carbocycles. The van der Waals surface area contributed by atoms with Gasteiger partial charge in [-0.3, -0.25) is 4.79 Å². The van der Waals surface area contributed by atoms with Gasteiger partial charge in [0.25, 0.3) is 5.91 Å². The highest BCUT2D eigenvalue weighted by molar-refractivity contribution is 7.89. The number of rotatable bonds is 6. The van der Waals surface area contributed by atoms with Crippen LogP contribution < -0.4 is 20.5 Å². The Morgan fingerprint density at radius 1 is 1.19 bits per heavy atom. The molecule has 3 amide bonds. The minimum absolute atomic E-state index is 0.0730. The Labute approximate surface area is 188 Å². The molecule has 1 aliphatic rings. The molecule has 172 valence electrons. The fourth-order valence-electron chi connectivity index (χ4n) is 3.67. The van der Waals surface area contributed by atoms with E-state index in [1.54, 1.807) is 4.90 Å². The number of urea groups is 1. The lowest BCUT2D eigenvalue weighted by molar-refractivity contribution is 0.0671. The van der Waals surface area contributed by atoms with Gasteiger partial charge in [0.2, 0.25) is 10.0 Å². The van der Waals surface area contributed by atoms with E-state index >= 15 is 0 Å². The van der Waals surface area contributed by atoms with Gasteiger partial charge in [0.15, 0.2) is 0 Å². The number of piperidine rings is 1. The number of nitrogens with one attached hydrogen (secondary N) is 2. The molecule has 1 unspecified atom stereocenters. The van der Waals surface area contributed by atoms with Crippen LogP contribution in [0.15, 0.2) is 47.4 Å². The molecule has 1 heterocycles. The third-order valence-electron chi connectivity index (χ3n) is 5.40. The number of carbonyl (C=O) groups excluding carboxylic acids is 2. The Balaban J connectivity index is 1.62.